The Morgan fingerprint density at radius 3 is 2.68 bits per heavy atom. The summed E-state index contributed by atoms with van der Waals surface area (Å²) in [6, 6.07) is 12.0. The quantitative estimate of drug-likeness (QED) is 0.768. The van der Waals surface area contributed by atoms with E-state index in [1.54, 1.807) is 0 Å². The van der Waals surface area contributed by atoms with Crippen LogP contribution in [0.25, 0.3) is 0 Å². The van der Waals surface area contributed by atoms with E-state index in [1.807, 2.05) is 36.1 Å². The van der Waals surface area contributed by atoms with Gasteiger partial charge in [-0.2, -0.15) is 0 Å². The number of carbonyl (C=O) groups excluding carboxylic acids is 1. The molecule has 0 unspecified atom stereocenters. The molecule has 19 heavy (non-hydrogen) atoms. The number of carbonyl (C=O) groups is 1. The van der Waals surface area contributed by atoms with Crippen LogP contribution in [-0.2, 0) is 13.1 Å². The van der Waals surface area contributed by atoms with Crippen LogP contribution >= 0.6 is 0 Å². The smallest absolute Gasteiger partial charge is 0.254 e. The topological polar surface area (TPSA) is 25.2 Å². The van der Waals surface area contributed by atoms with Crippen molar-refractivity contribution in [1.29, 1.82) is 0 Å². The van der Waals surface area contributed by atoms with Crippen molar-refractivity contribution in [2.24, 2.45) is 0 Å². The summed E-state index contributed by atoms with van der Waals surface area (Å²) in [5, 5.41) is 0. The van der Waals surface area contributed by atoms with Gasteiger partial charge in [0.1, 0.15) is 0 Å². The number of hydrogen-bond acceptors (Lipinski definition) is 1. The van der Waals surface area contributed by atoms with E-state index < -0.39 is 0 Å². The molecule has 1 aliphatic rings. The summed E-state index contributed by atoms with van der Waals surface area (Å²) in [6.45, 7) is 4.57. The van der Waals surface area contributed by atoms with Gasteiger partial charge in [-0.05, 0) is 37.6 Å². The number of aryl methyl sites for hydroxylation is 2. The van der Waals surface area contributed by atoms with Gasteiger partial charge in [0, 0.05) is 30.5 Å². The molecule has 0 bridgehead atoms. The predicted octanol–water partition coefficient (Wildman–Crippen LogP) is 2.84. The third-order valence-electron chi connectivity index (χ3n) is 3.69. The molecule has 1 amide bonds. The van der Waals surface area contributed by atoms with Gasteiger partial charge in [0.25, 0.3) is 5.91 Å². The molecule has 0 radical (unpaired) electrons. The first-order valence-corrected chi connectivity index (χ1v) is 6.74. The Balaban J connectivity index is 1.82. The summed E-state index contributed by atoms with van der Waals surface area (Å²) < 4.78 is 2.24. The Hall–Kier alpha value is -2.03. The molecular weight excluding hydrogens is 236 g/mol. The van der Waals surface area contributed by atoms with E-state index in [0.29, 0.717) is 6.54 Å². The molecule has 0 atom stereocenters. The van der Waals surface area contributed by atoms with Gasteiger partial charge < -0.3 is 9.47 Å². The highest BCUT2D eigenvalue weighted by Crippen LogP contribution is 2.16. The van der Waals surface area contributed by atoms with Gasteiger partial charge in [0.15, 0.2) is 0 Å². The van der Waals surface area contributed by atoms with Gasteiger partial charge in [-0.15, -0.1) is 0 Å². The third kappa shape index (κ3) is 2.41. The van der Waals surface area contributed by atoms with E-state index in [9.17, 15) is 4.79 Å². The van der Waals surface area contributed by atoms with Crippen LogP contribution in [0.5, 0.6) is 0 Å². The van der Waals surface area contributed by atoms with Crippen LogP contribution < -0.4 is 0 Å². The Morgan fingerprint density at radius 2 is 1.89 bits per heavy atom. The molecule has 1 aliphatic heterocycles. The van der Waals surface area contributed by atoms with Crippen LogP contribution in [0.3, 0.4) is 0 Å². The van der Waals surface area contributed by atoms with Crippen LogP contribution in [0.1, 0.15) is 28.0 Å². The molecule has 1 aromatic heterocycles. The second kappa shape index (κ2) is 4.92. The number of benzene rings is 1. The van der Waals surface area contributed by atoms with Crippen molar-refractivity contribution in [1.82, 2.24) is 9.47 Å². The molecule has 2 aromatic rings. The number of amides is 1. The summed E-state index contributed by atoms with van der Waals surface area (Å²) >= 11 is 0. The first-order chi connectivity index (χ1) is 9.24. The van der Waals surface area contributed by atoms with Crippen molar-refractivity contribution in [3.63, 3.8) is 0 Å². The molecule has 0 fully saturated rings. The lowest BCUT2D eigenvalue weighted by Crippen LogP contribution is -2.30. The summed E-state index contributed by atoms with van der Waals surface area (Å²) in [4.78, 5) is 14.5. The number of nitrogens with zero attached hydrogens (tertiary/aromatic N) is 2. The SMILES string of the molecule is Cc1ccc(C(=O)N2CCCn3cccc3C2)cc1. The summed E-state index contributed by atoms with van der Waals surface area (Å²) in [5.74, 6) is 0.134. The van der Waals surface area contributed by atoms with E-state index in [1.165, 1.54) is 11.3 Å². The van der Waals surface area contributed by atoms with Gasteiger partial charge in [-0.25, -0.2) is 0 Å². The van der Waals surface area contributed by atoms with Crippen molar-refractivity contribution in [3.8, 4) is 0 Å². The van der Waals surface area contributed by atoms with Gasteiger partial charge in [-0.1, -0.05) is 17.7 Å². The van der Waals surface area contributed by atoms with Crippen molar-refractivity contribution in [2.75, 3.05) is 6.54 Å². The summed E-state index contributed by atoms with van der Waals surface area (Å²) in [6.07, 6.45) is 3.11. The fourth-order valence-corrected chi connectivity index (χ4v) is 2.57. The maximum absolute atomic E-state index is 12.5. The van der Waals surface area contributed by atoms with Gasteiger partial charge in [-0.3, -0.25) is 4.79 Å². The lowest BCUT2D eigenvalue weighted by molar-refractivity contribution is 0.0746. The van der Waals surface area contributed by atoms with Gasteiger partial charge >= 0.3 is 0 Å². The second-order valence-electron chi connectivity index (χ2n) is 5.14. The minimum absolute atomic E-state index is 0.134. The summed E-state index contributed by atoms with van der Waals surface area (Å²) in [5.41, 5.74) is 3.19. The maximum Gasteiger partial charge on any atom is 0.254 e. The zero-order valence-electron chi connectivity index (χ0n) is 11.2. The molecular formula is C16H18N2O. The van der Waals surface area contributed by atoms with E-state index in [-0.39, 0.29) is 5.91 Å². The molecule has 3 nitrogen and oxygen atoms in total. The highest BCUT2D eigenvalue weighted by molar-refractivity contribution is 5.94. The van der Waals surface area contributed by atoms with Gasteiger partial charge in [0.05, 0.1) is 6.54 Å². The third-order valence-corrected chi connectivity index (χ3v) is 3.69. The standard InChI is InChI=1S/C16H18N2O/c1-13-5-7-14(8-6-13)16(19)18-11-3-10-17-9-2-4-15(17)12-18/h2,4-9H,3,10-12H2,1H3. The lowest BCUT2D eigenvalue weighted by Gasteiger charge is -2.20. The summed E-state index contributed by atoms with van der Waals surface area (Å²) in [7, 11) is 0. The highest BCUT2D eigenvalue weighted by Gasteiger charge is 2.19. The Bertz CT molecular complexity index is 583. The number of rotatable bonds is 1. The average Bonchev–Trinajstić information content (AvgIpc) is 2.76. The zero-order chi connectivity index (χ0) is 13.2. The van der Waals surface area contributed by atoms with Crippen molar-refractivity contribution in [3.05, 3.63) is 59.4 Å². The minimum Gasteiger partial charge on any atom is -0.350 e. The first kappa shape index (κ1) is 12.0. The van der Waals surface area contributed by atoms with Crippen LogP contribution in [0.2, 0.25) is 0 Å². The Morgan fingerprint density at radius 1 is 1.11 bits per heavy atom. The molecule has 0 saturated heterocycles. The fraction of sp³-hybridized carbons (Fsp3) is 0.312. The predicted molar refractivity (Wildman–Crippen MR) is 75.0 cm³/mol. The number of aromatic nitrogens is 1. The maximum atomic E-state index is 12.5. The molecule has 98 valence electrons. The monoisotopic (exact) mass is 254 g/mol. The Kier molecular flexibility index (Phi) is 3.11. The second-order valence-corrected chi connectivity index (χ2v) is 5.14. The van der Waals surface area contributed by atoms with Crippen molar-refractivity contribution < 1.29 is 4.79 Å². The largest absolute Gasteiger partial charge is 0.350 e. The molecule has 1 aromatic carbocycles. The fourth-order valence-electron chi connectivity index (χ4n) is 2.57. The van der Waals surface area contributed by atoms with Crippen molar-refractivity contribution >= 4 is 5.91 Å². The van der Waals surface area contributed by atoms with Gasteiger partial charge in [0.2, 0.25) is 0 Å². The molecule has 0 N–H and O–H groups in total. The number of hydrogen-bond donors (Lipinski definition) is 0. The molecule has 3 heteroatoms. The molecule has 0 saturated carbocycles. The van der Waals surface area contributed by atoms with E-state index >= 15 is 0 Å². The zero-order valence-corrected chi connectivity index (χ0v) is 11.2. The van der Waals surface area contributed by atoms with E-state index in [0.717, 1.165) is 25.1 Å². The van der Waals surface area contributed by atoms with Crippen molar-refractivity contribution in [2.45, 2.75) is 26.4 Å². The van der Waals surface area contributed by atoms with Crippen LogP contribution in [0.4, 0.5) is 0 Å². The average molecular weight is 254 g/mol. The van der Waals surface area contributed by atoms with Crippen LogP contribution in [0, 0.1) is 6.92 Å². The normalized spacial score (nSPS) is 14.9. The number of fused-ring (bicyclic) bond motifs is 1. The molecule has 0 spiro atoms. The van der Waals surface area contributed by atoms with Crippen LogP contribution in [0.15, 0.2) is 42.6 Å². The first-order valence-electron chi connectivity index (χ1n) is 6.74. The lowest BCUT2D eigenvalue weighted by atomic mass is 10.1. The molecule has 2 heterocycles. The van der Waals surface area contributed by atoms with Crippen LogP contribution in [-0.4, -0.2) is 21.9 Å². The molecule has 3 rings (SSSR count). The minimum atomic E-state index is 0.134. The van der Waals surface area contributed by atoms with E-state index in [4.69, 9.17) is 0 Å². The highest BCUT2D eigenvalue weighted by atomic mass is 16.2. The Labute approximate surface area is 113 Å². The van der Waals surface area contributed by atoms with E-state index in [2.05, 4.69) is 22.9 Å². The molecule has 0 aliphatic carbocycles.